The molecule has 0 saturated heterocycles. The molecule has 18 heavy (non-hydrogen) atoms. The second kappa shape index (κ2) is 9.85. The molecule has 0 aromatic rings. The van der Waals surface area contributed by atoms with Crippen LogP contribution in [0.3, 0.4) is 0 Å². The van der Waals surface area contributed by atoms with Gasteiger partial charge in [0.15, 0.2) is 0 Å². The predicted octanol–water partition coefficient (Wildman–Crippen LogP) is -0.545. The minimum atomic E-state index is -1.90. The Hall–Kier alpha value is -1.14. The largest absolute Gasteiger partial charge is 0.547 e. The zero-order chi connectivity index (χ0) is 14.8. The first-order chi connectivity index (χ1) is 8.28. The molecule has 6 heteroatoms. The lowest BCUT2D eigenvalue weighted by Gasteiger charge is -2.34. The van der Waals surface area contributed by atoms with Crippen molar-refractivity contribution in [3.63, 3.8) is 0 Å². The highest BCUT2D eigenvalue weighted by atomic mass is 16.4. The van der Waals surface area contributed by atoms with Crippen molar-refractivity contribution in [1.82, 2.24) is 0 Å². The molecule has 108 valence electrons. The van der Waals surface area contributed by atoms with Crippen LogP contribution in [0.25, 0.3) is 0 Å². The van der Waals surface area contributed by atoms with Crippen LogP contribution in [0.1, 0.15) is 34.1 Å². The number of aliphatic hydroxyl groups excluding tert-OH is 1. The average Bonchev–Trinajstić information content (AvgIpc) is 2.32. The molecule has 6 nitrogen and oxygen atoms in total. The van der Waals surface area contributed by atoms with Gasteiger partial charge in [-0.2, -0.15) is 0 Å². The van der Waals surface area contributed by atoms with Gasteiger partial charge in [-0.25, -0.2) is 0 Å². The molecule has 0 amide bonds. The molecule has 0 saturated carbocycles. The van der Waals surface area contributed by atoms with Crippen molar-refractivity contribution in [2.45, 2.75) is 40.2 Å². The van der Waals surface area contributed by atoms with E-state index in [0.717, 1.165) is 0 Å². The molecule has 0 spiro atoms. The van der Waals surface area contributed by atoms with Crippen LogP contribution in [-0.4, -0.2) is 58.9 Å². The monoisotopic (exact) mass is 263 g/mol. The maximum atomic E-state index is 9.66. The van der Waals surface area contributed by atoms with Gasteiger partial charge in [0.1, 0.15) is 6.10 Å². The van der Waals surface area contributed by atoms with Gasteiger partial charge in [0.2, 0.25) is 0 Å². The lowest BCUT2D eigenvalue weighted by atomic mass is 10.3. The summed E-state index contributed by atoms with van der Waals surface area (Å²) in [5, 5.41) is 25.7. The number of aliphatic carboxylic acids is 2. The zero-order valence-electron chi connectivity index (χ0n) is 11.7. The lowest BCUT2D eigenvalue weighted by Crippen LogP contribution is -2.47. The fourth-order valence-electron chi connectivity index (χ4n) is 1.59. The van der Waals surface area contributed by atoms with Gasteiger partial charge in [-0.05, 0) is 27.7 Å². The van der Waals surface area contributed by atoms with Crippen molar-refractivity contribution in [2.75, 3.05) is 26.2 Å². The van der Waals surface area contributed by atoms with Gasteiger partial charge in [-0.1, -0.05) is 0 Å². The maximum absolute atomic E-state index is 9.66. The van der Waals surface area contributed by atoms with E-state index in [4.69, 9.17) is 10.2 Å². The molecule has 0 rings (SSSR count). The first kappa shape index (κ1) is 19.2. The van der Waals surface area contributed by atoms with Crippen LogP contribution in [0.15, 0.2) is 0 Å². The highest BCUT2D eigenvalue weighted by Gasteiger charge is 2.16. The number of carboxylic acid groups (broad SMARTS) is 2. The number of hydrogen-bond acceptors (Lipinski definition) is 4. The Morgan fingerprint density at radius 1 is 1.06 bits per heavy atom. The van der Waals surface area contributed by atoms with Crippen LogP contribution in [0.4, 0.5) is 0 Å². The number of carboxylic acids is 2. The Labute approximate surface area is 108 Å². The van der Waals surface area contributed by atoms with Crippen molar-refractivity contribution in [3.8, 4) is 0 Å². The number of quaternary nitrogens is 1. The first-order valence-corrected chi connectivity index (χ1v) is 6.24. The quantitative estimate of drug-likeness (QED) is 0.601. The Balaban J connectivity index is 0. The molecular weight excluding hydrogens is 238 g/mol. The van der Waals surface area contributed by atoms with Crippen LogP contribution in [0.5, 0.6) is 0 Å². The van der Waals surface area contributed by atoms with Crippen LogP contribution < -0.4 is 5.11 Å². The predicted molar refractivity (Wildman–Crippen MR) is 65.7 cm³/mol. The van der Waals surface area contributed by atoms with Crippen LogP contribution >= 0.6 is 0 Å². The summed E-state index contributed by atoms with van der Waals surface area (Å²) in [6.07, 6.45) is -2.72. The van der Waals surface area contributed by atoms with Crippen LogP contribution in [-0.2, 0) is 9.59 Å². The molecule has 0 heterocycles. The molecule has 0 fully saturated rings. The smallest absolute Gasteiger partial charge is 0.306 e. The van der Waals surface area contributed by atoms with Crippen LogP contribution in [0.2, 0.25) is 0 Å². The topological polar surface area (TPSA) is 97.7 Å². The molecule has 0 aromatic carbocycles. The summed E-state index contributed by atoms with van der Waals surface area (Å²) in [5.74, 6) is -3.14. The van der Waals surface area contributed by atoms with Gasteiger partial charge in [0.05, 0.1) is 38.6 Å². The van der Waals surface area contributed by atoms with Gasteiger partial charge in [0, 0.05) is 0 Å². The van der Waals surface area contributed by atoms with Gasteiger partial charge >= 0.3 is 5.97 Å². The first-order valence-electron chi connectivity index (χ1n) is 6.24. The van der Waals surface area contributed by atoms with Gasteiger partial charge < -0.3 is 24.6 Å². The fraction of sp³-hybridized carbons (Fsp3) is 0.833. The molecule has 0 bridgehead atoms. The molecule has 1 atom stereocenters. The highest BCUT2D eigenvalue weighted by Crippen LogP contribution is 2.03. The van der Waals surface area contributed by atoms with E-state index in [1.54, 1.807) is 0 Å². The molecule has 0 aliphatic heterocycles. The van der Waals surface area contributed by atoms with E-state index in [1.807, 2.05) is 0 Å². The van der Waals surface area contributed by atoms with E-state index in [-0.39, 0.29) is 0 Å². The van der Waals surface area contributed by atoms with E-state index in [2.05, 4.69) is 27.7 Å². The Morgan fingerprint density at radius 3 is 1.44 bits per heavy atom. The number of hydrogen-bond donors (Lipinski definition) is 2. The van der Waals surface area contributed by atoms with Gasteiger partial charge in [0.25, 0.3) is 0 Å². The number of rotatable bonds is 7. The normalized spacial score (nSPS) is 12.3. The van der Waals surface area contributed by atoms with Gasteiger partial charge in [-0.3, -0.25) is 4.79 Å². The summed E-state index contributed by atoms with van der Waals surface area (Å²) in [5.41, 5.74) is 0. The Bertz CT molecular complexity index is 233. The summed E-state index contributed by atoms with van der Waals surface area (Å²) in [6.45, 7) is 14.2. The van der Waals surface area contributed by atoms with Crippen molar-refractivity contribution >= 4 is 11.9 Å². The molecule has 2 N–H and O–H groups in total. The minimum absolute atomic E-state index is 0.817. The summed E-state index contributed by atoms with van der Waals surface area (Å²) in [7, 11) is 0. The van der Waals surface area contributed by atoms with E-state index in [0.29, 0.717) is 0 Å². The summed E-state index contributed by atoms with van der Waals surface area (Å²) in [6, 6.07) is 0. The molecule has 0 radical (unpaired) electrons. The van der Waals surface area contributed by atoms with Crippen molar-refractivity contribution in [1.29, 1.82) is 0 Å². The Morgan fingerprint density at radius 2 is 1.39 bits per heavy atom. The van der Waals surface area contributed by atoms with Crippen LogP contribution in [0, 0.1) is 0 Å². The third kappa shape index (κ3) is 8.03. The third-order valence-corrected chi connectivity index (χ3v) is 3.32. The summed E-state index contributed by atoms with van der Waals surface area (Å²) < 4.78 is 1.28. The maximum Gasteiger partial charge on any atom is 0.306 e. The molecular formula is C12H25NO5. The van der Waals surface area contributed by atoms with E-state index in [9.17, 15) is 14.7 Å². The van der Waals surface area contributed by atoms with E-state index in [1.165, 1.54) is 30.7 Å². The second-order valence-electron chi connectivity index (χ2n) is 4.04. The molecule has 0 aliphatic carbocycles. The number of aliphatic hydroxyl groups is 1. The standard InChI is InChI=1S/C8H20N.C4H6O5/c1-5-9(6-2,7-3)8-4;5-2(4(8)9)1-3(6)7/h5-8H2,1-4H3;2,5H,1H2,(H,6,7)(H,8,9)/q+1;/p-1. The summed E-state index contributed by atoms with van der Waals surface area (Å²) >= 11 is 0. The average molecular weight is 263 g/mol. The number of carbonyl (C=O) groups is 2. The number of carbonyl (C=O) groups excluding carboxylic acids is 1. The lowest BCUT2D eigenvalue weighted by molar-refractivity contribution is -0.921. The molecule has 0 aliphatic rings. The second-order valence-corrected chi connectivity index (χ2v) is 4.04. The minimum Gasteiger partial charge on any atom is -0.547 e. The van der Waals surface area contributed by atoms with Crippen molar-refractivity contribution < 1.29 is 29.4 Å². The third-order valence-electron chi connectivity index (χ3n) is 3.32. The van der Waals surface area contributed by atoms with E-state index >= 15 is 0 Å². The summed E-state index contributed by atoms with van der Waals surface area (Å²) in [4.78, 5) is 19.3. The highest BCUT2D eigenvalue weighted by molar-refractivity contribution is 5.77. The Kier molecular flexibility index (Phi) is 10.5. The zero-order valence-corrected chi connectivity index (χ0v) is 11.7. The fourth-order valence-corrected chi connectivity index (χ4v) is 1.59. The SMILES string of the molecule is CC[N+](CC)(CC)CC.O=C(O)CC(O)C(=O)[O-]. The molecule has 1 unspecified atom stereocenters. The van der Waals surface area contributed by atoms with Gasteiger partial charge in [-0.15, -0.1) is 0 Å². The van der Waals surface area contributed by atoms with Crippen molar-refractivity contribution in [2.24, 2.45) is 0 Å². The van der Waals surface area contributed by atoms with E-state index < -0.39 is 24.5 Å². The number of nitrogens with zero attached hydrogens (tertiary/aromatic N) is 1. The van der Waals surface area contributed by atoms with Crippen molar-refractivity contribution in [3.05, 3.63) is 0 Å². The molecule has 0 aromatic heterocycles.